The first kappa shape index (κ1) is 22.0. The molecular weight excluding hydrogens is 446 g/mol. The molecule has 0 spiro atoms. The molecule has 0 saturated carbocycles. The average Bonchev–Trinajstić information content (AvgIpc) is 3.42. The zero-order chi connectivity index (χ0) is 23.5. The standard InChI is InChI=1S/C27H23N3O3S/c31-24(12-2-1-7-15-30-25(32)21-10-5-6-11-22(21)26(30)33)29-27-28-23(17-34-27)20-14-13-18-8-3-4-9-19(18)16-20/h3-6,8-11,13-14,16-17H,1-2,7,12,15H2,(H,28,29,31). The number of rotatable bonds is 8. The summed E-state index contributed by atoms with van der Waals surface area (Å²) in [6.07, 6.45) is 2.47. The van der Waals surface area contributed by atoms with Crippen molar-refractivity contribution in [1.82, 2.24) is 9.88 Å². The molecule has 1 N–H and O–H groups in total. The number of amides is 3. The van der Waals surface area contributed by atoms with E-state index in [0.29, 0.717) is 42.1 Å². The average molecular weight is 470 g/mol. The Labute approximate surface area is 201 Å². The third kappa shape index (κ3) is 4.47. The van der Waals surface area contributed by atoms with E-state index in [9.17, 15) is 14.4 Å². The lowest BCUT2D eigenvalue weighted by atomic mass is 10.1. The number of hydrogen-bond acceptors (Lipinski definition) is 5. The monoisotopic (exact) mass is 469 g/mol. The lowest BCUT2D eigenvalue weighted by Gasteiger charge is -2.13. The molecule has 1 aromatic heterocycles. The van der Waals surface area contributed by atoms with Crippen LogP contribution in [-0.2, 0) is 4.79 Å². The number of imide groups is 1. The van der Waals surface area contributed by atoms with Crippen molar-refractivity contribution in [2.75, 3.05) is 11.9 Å². The third-order valence-corrected chi connectivity index (χ3v) is 6.72. The molecule has 0 radical (unpaired) electrons. The van der Waals surface area contributed by atoms with Crippen LogP contribution in [0.25, 0.3) is 22.0 Å². The second kappa shape index (κ2) is 9.57. The van der Waals surface area contributed by atoms with Gasteiger partial charge in [-0.15, -0.1) is 11.3 Å². The molecule has 0 atom stereocenters. The number of benzene rings is 3. The molecule has 7 heteroatoms. The van der Waals surface area contributed by atoms with E-state index in [0.717, 1.165) is 23.1 Å². The molecule has 1 aliphatic heterocycles. The zero-order valence-corrected chi connectivity index (χ0v) is 19.3. The summed E-state index contributed by atoms with van der Waals surface area (Å²) in [4.78, 5) is 43.0. The fourth-order valence-electron chi connectivity index (χ4n) is 4.17. The number of carbonyl (C=O) groups excluding carboxylic acids is 3. The van der Waals surface area contributed by atoms with Gasteiger partial charge in [-0.3, -0.25) is 19.3 Å². The minimum atomic E-state index is -0.232. The fourth-order valence-corrected chi connectivity index (χ4v) is 4.90. The molecule has 6 nitrogen and oxygen atoms in total. The van der Waals surface area contributed by atoms with Crippen LogP contribution < -0.4 is 5.32 Å². The van der Waals surface area contributed by atoms with Gasteiger partial charge in [0.05, 0.1) is 16.8 Å². The largest absolute Gasteiger partial charge is 0.302 e. The first-order valence-corrected chi connectivity index (χ1v) is 12.2. The Kier molecular flexibility index (Phi) is 6.18. The van der Waals surface area contributed by atoms with Crippen LogP contribution in [0.3, 0.4) is 0 Å². The summed E-state index contributed by atoms with van der Waals surface area (Å²) in [5.74, 6) is -0.547. The van der Waals surface area contributed by atoms with Crippen LogP contribution in [0.1, 0.15) is 46.4 Å². The van der Waals surface area contributed by atoms with Crippen molar-refractivity contribution in [3.63, 3.8) is 0 Å². The minimum absolute atomic E-state index is 0.0832. The van der Waals surface area contributed by atoms with Crippen molar-refractivity contribution in [2.45, 2.75) is 25.7 Å². The maximum atomic E-state index is 12.4. The van der Waals surface area contributed by atoms with Crippen LogP contribution in [-0.4, -0.2) is 34.2 Å². The van der Waals surface area contributed by atoms with Gasteiger partial charge in [0, 0.05) is 23.9 Å². The summed E-state index contributed by atoms with van der Waals surface area (Å²) in [5.41, 5.74) is 2.80. The van der Waals surface area contributed by atoms with E-state index in [-0.39, 0.29) is 17.7 Å². The number of aromatic nitrogens is 1. The molecule has 1 aliphatic rings. The predicted molar refractivity (Wildman–Crippen MR) is 134 cm³/mol. The van der Waals surface area contributed by atoms with Gasteiger partial charge in [0.25, 0.3) is 11.8 Å². The zero-order valence-electron chi connectivity index (χ0n) is 18.5. The SMILES string of the molecule is O=C(CCCCCN1C(=O)c2ccccc2C1=O)Nc1nc(-c2ccc3ccccc3c2)cs1. The van der Waals surface area contributed by atoms with Crippen molar-refractivity contribution in [3.05, 3.63) is 83.2 Å². The summed E-state index contributed by atoms with van der Waals surface area (Å²) in [6.45, 7) is 0.371. The van der Waals surface area contributed by atoms with Gasteiger partial charge < -0.3 is 5.32 Å². The lowest BCUT2D eigenvalue weighted by Crippen LogP contribution is -2.30. The predicted octanol–water partition coefficient (Wildman–Crippen LogP) is 5.76. The Morgan fingerprint density at radius 1 is 0.853 bits per heavy atom. The number of nitrogens with one attached hydrogen (secondary N) is 1. The van der Waals surface area contributed by atoms with Crippen LogP contribution in [0.2, 0.25) is 0 Å². The summed E-state index contributed by atoms with van der Waals surface area (Å²) >= 11 is 1.41. The molecule has 34 heavy (non-hydrogen) atoms. The first-order valence-electron chi connectivity index (χ1n) is 11.3. The Morgan fingerprint density at radius 2 is 1.56 bits per heavy atom. The molecule has 5 rings (SSSR count). The van der Waals surface area contributed by atoms with Gasteiger partial charge in [-0.2, -0.15) is 0 Å². The molecule has 0 fully saturated rings. The molecular formula is C27H23N3O3S. The van der Waals surface area contributed by atoms with E-state index in [1.54, 1.807) is 24.3 Å². The second-order valence-electron chi connectivity index (χ2n) is 8.27. The maximum absolute atomic E-state index is 12.4. The highest BCUT2D eigenvalue weighted by atomic mass is 32.1. The molecule has 170 valence electrons. The molecule has 3 amide bonds. The van der Waals surface area contributed by atoms with Crippen molar-refractivity contribution >= 4 is 45.0 Å². The number of carbonyl (C=O) groups is 3. The molecule has 3 aromatic carbocycles. The van der Waals surface area contributed by atoms with E-state index >= 15 is 0 Å². The van der Waals surface area contributed by atoms with Gasteiger partial charge in [-0.25, -0.2) is 4.98 Å². The Balaban J connectivity index is 1.08. The van der Waals surface area contributed by atoms with Crippen molar-refractivity contribution in [2.24, 2.45) is 0 Å². The second-order valence-corrected chi connectivity index (χ2v) is 9.12. The molecule has 4 aromatic rings. The first-order chi connectivity index (χ1) is 16.6. The highest BCUT2D eigenvalue weighted by Gasteiger charge is 2.34. The van der Waals surface area contributed by atoms with Crippen LogP contribution >= 0.6 is 11.3 Å². The Hall–Kier alpha value is -3.84. The van der Waals surface area contributed by atoms with Crippen LogP contribution in [0.15, 0.2) is 72.1 Å². The Morgan fingerprint density at radius 3 is 2.32 bits per heavy atom. The van der Waals surface area contributed by atoms with E-state index in [1.165, 1.54) is 21.6 Å². The number of fused-ring (bicyclic) bond motifs is 2. The van der Waals surface area contributed by atoms with Gasteiger partial charge >= 0.3 is 0 Å². The summed E-state index contributed by atoms with van der Waals surface area (Å²) in [5, 5.41) is 7.74. The van der Waals surface area contributed by atoms with Crippen molar-refractivity contribution in [1.29, 1.82) is 0 Å². The quantitative estimate of drug-likeness (QED) is 0.263. The highest BCUT2D eigenvalue weighted by Crippen LogP contribution is 2.28. The van der Waals surface area contributed by atoms with Gasteiger partial charge in [0.1, 0.15) is 0 Å². The number of anilines is 1. The molecule has 0 unspecified atom stereocenters. The van der Waals surface area contributed by atoms with Gasteiger partial charge in [0.2, 0.25) is 5.91 Å². The number of unbranched alkanes of at least 4 members (excludes halogenated alkanes) is 2. The fraction of sp³-hybridized carbons (Fsp3) is 0.185. The number of nitrogens with zero attached hydrogens (tertiary/aromatic N) is 2. The Bertz CT molecular complexity index is 1360. The normalized spacial score (nSPS) is 12.9. The summed E-state index contributed by atoms with van der Waals surface area (Å²) in [6, 6.07) is 21.3. The van der Waals surface area contributed by atoms with E-state index in [1.807, 2.05) is 23.6 Å². The van der Waals surface area contributed by atoms with Crippen LogP contribution in [0, 0.1) is 0 Å². The van der Waals surface area contributed by atoms with Gasteiger partial charge in [-0.05, 0) is 41.8 Å². The number of hydrogen-bond donors (Lipinski definition) is 1. The molecule has 0 bridgehead atoms. The topological polar surface area (TPSA) is 79.4 Å². The van der Waals surface area contributed by atoms with E-state index < -0.39 is 0 Å². The van der Waals surface area contributed by atoms with E-state index in [2.05, 4.69) is 34.6 Å². The van der Waals surface area contributed by atoms with Crippen LogP contribution in [0.4, 0.5) is 5.13 Å². The summed E-state index contributed by atoms with van der Waals surface area (Å²) < 4.78 is 0. The van der Waals surface area contributed by atoms with Crippen molar-refractivity contribution in [3.8, 4) is 11.3 Å². The maximum Gasteiger partial charge on any atom is 0.261 e. The summed E-state index contributed by atoms with van der Waals surface area (Å²) in [7, 11) is 0. The van der Waals surface area contributed by atoms with E-state index in [4.69, 9.17) is 0 Å². The van der Waals surface area contributed by atoms with Crippen molar-refractivity contribution < 1.29 is 14.4 Å². The number of thiazole rings is 1. The molecule has 2 heterocycles. The molecule has 0 aliphatic carbocycles. The van der Waals surface area contributed by atoms with Gasteiger partial charge in [0.15, 0.2) is 5.13 Å². The smallest absolute Gasteiger partial charge is 0.261 e. The highest BCUT2D eigenvalue weighted by molar-refractivity contribution is 7.14. The third-order valence-electron chi connectivity index (χ3n) is 5.96. The molecule has 0 saturated heterocycles. The van der Waals surface area contributed by atoms with Crippen LogP contribution in [0.5, 0.6) is 0 Å². The lowest BCUT2D eigenvalue weighted by molar-refractivity contribution is -0.116. The van der Waals surface area contributed by atoms with Gasteiger partial charge in [-0.1, -0.05) is 55.0 Å². The minimum Gasteiger partial charge on any atom is -0.302 e.